The third-order valence-electron chi connectivity index (χ3n) is 4.90. The van der Waals surface area contributed by atoms with E-state index >= 15 is 0 Å². The topological polar surface area (TPSA) is 99.2 Å². The number of allylic oxidation sites excluding steroid dienone is 1. The van der Waals surface area contributed by atoms with Crippen molar-refractivity contribution < 1.29 is 18.7 Å². The van der Waals surface area contributed by atoms with Crippen molar-refractivity contribution in [3.8, 4) is 22.7 Å². The van der Waals surface area contributed by atoms with Crippen LogP contribution in [0, 0.1) is 6.92 Å². The Balaban J connectivity index is 1.51. The third-order valence-corrected chi connectivity index (χ3v) is 6.76. The van der Waals surface area contributed by atoms with Crippen LogP contribution in [0.3, 0.4) is 0 Å². The van der Waals surface area contributed by atoms with E-state index in [1.165, 1.54) is 30.2 Å². The van der Waals surface area contributed by atoms with Crippen molar-refractivity contribution >= 4 is 40.0 Å². The summed E-state index contributed by atoms with van der Waals surface area (Å²) in [5, 5.41) is 14.1. The number of benzene rings is 1. The zero-order valence-electron chi connectivity index (χ0n) is 18.6. The van der Waals surface area contributed by atoms with Gasteiger partial charge < -0.3 is 14.5 Å². The summed E-state index contributed by atoms with van der Waals surface area (Å²) in [7, 11) is 1.32. The SMILES string of the molecule is C=CCn1c(SCC(=O)Nc2scc(-c3ccc(C)cc3)c2C(=O)OC)nnc1-c1ccco1. The average Bonchev–Trinajstić information content (AvgIpc) is 3.58. The predicted molar refractivity (Wildman–Crippen MR) is 133 cm³/mol. The highest BCUT2D eigenvalue weighted by atomic mass is 32.2. The third kappa shape index (κ3) is 4.97. The Hall–Kier alpha value is -3.63. The van der Waals surface area contributed by atoms with Crippen LogP contribution in [0.1, 0.15) is 15.9 Å². The van der Waals surface area contributed by atoms with E-state index < -0.39 is 5.97 Å². The first-order valence-electron chi connectivity index (χ1n) is 10.3. The highest BCUT2D eigenvalue weighted by molar-refractivity contribution is 7.99. The van der Waals surface area contributed by atoms with Gasteiger partial charge in [0.1, 0.15) is 10.6 Å². The number of aryl methyl sites for hydroxylation is 1. The maximum Gasteiger partial charge on any atom is 0.341 e. The van der Waals surface area contributed by atoms with Crippen molar-refractivity contribution in [2.75, 3.05) is 18.2 Å². The molecular weight excluding hydrogens is 472 g/mol. The van der Waals surface area contributed by atoms with Gasteiger partial charge in [-0.3, -0.25) is 9.36 Å². The number of hydrogen-bond donors (Lipinski definition) is 1. The molecule has 1 N–H and O–H groups in total. The number of aromatic nitrogens is 3. The number of ether oxygens (including phenoxy) is 1. The molecule has 3 heterocycles. The molecule has 8 nitrogen and oxygen atoms in total. The molecule has 3 aromatic heterocycles. The maximum atomic E-state index is 12.8. The molecule has 0 aliphatic carbocycles. The first-order chi connectivity index (χ1) is 16.5. The molecule has 0 saturated carbocycles. The van der Waals surface area contributed by atoms with Crippen LogP contribution in [0.5, 0.6) is 0 Å². The van der Waals surface area contributed by atoms with Crippen LogP contribution in [0.15, 0.2) is 70.3 Å². The summed E-state index contributed by atoms with van der Waals surface area (Å²) < 4.78 is 12.2. The summed E-state index contributed by atoms with van der Waals surface area (Å²) in [6, 6.07) is 11.4. The lowest BCUT2D eigenvalue weighted by atomic mass is 10.0. The molecule has 0 aliphatic rings. The first kappa shape index (κ1) is 23.5. The van der Waals surface area contributed by atoms with E-state index in [9.17, 15) is 9.59 Å². The molecule has 174 valence electrons. The van der Waals surface area contributed by atoms with Crippen LogP contribution < -0.4 is 5.32 Å². The molecule has 0 unspecified atom stereocenters. The lowest BCUT2D eigenvalue weighted by Crippen LogP contribution is -2.16. The molecule has 0 saturated heterocycles. The number of methoxy groups -OCH3 is 1. The van der Waals surface area contributed by atoms with Gasteiger partial charge in [0.2, 0.25) is 11.7 Å². The number of rotatable bonds is 9. The van der Waals surface area contributed by atoms with Crippen LogP contribution in [-0.4, -0.2) is 39.5 Å². The lowest BCUT2D eigenvalue weighted by Gasteiger charge is -2.09. The Bertz CT molecular complexity index is 1310. The Morgan fingerprint density at radius 2 is 2.06 bits per heavy atom. The van der Waals surface area contributed by atoms with Crippen LogP contribution in [0.25, 0.3) is 22.7 Å². The molecular formula is C24H22N4O4S2. The number of carbonyl (C=O) groups excluding carboxylic acids is 2. The number of carbonyl (C=O) groups is 2. The Labute approximate surface area is 204 Å². The van der Waals surface area contributed by atoms with E-state index in [0.717, 1.165) is 11.1 Å². The fraction of sp³-hybridized carbons (Fsp3) is 0.167. The minimum Gasteiger partial charge on any atom is -0.465 e. The Kier molecular flexibility index (Phi) is 7.29. The molecule has 4 aromatic rings. The van der Waals surface area contributed by atoms with Gasteiger partial charge in [-0.05, 0) is 24.6 Å². The number of nitrogens with zero attached hydrogens (tertiary/aromatic N) is 3. The van der Waals surface area contributed by atoms with Gasteiger partial charge in [-0.15, -0.1) is 28.1 Å². The number of thiophene rings is 1. The lowest BCUT2D eigenvalue weighted by molar-refractivity contribution is -0.113. The van der Waals surface area contributed by atoms with Crippen molar-refractivity contribution in [3.63, 3.8) is 0 Å². The minimum atomic E-state index is -0.506. The monoisotopic (exact) mass is 494 g/mol. The summed E-state index contributed by atoms with van der Waals surface area (Å²) >= 11 is 2.52. The summed E-state index contributed by atoms with van der Waals surface area (Å²) in [6.07, 6.45) is 3.29. The normalized spacial score (nSPS) is 10.8. The number of amides is 1. The number of hydrogen-bond acceptors (Lipinski definition) is 8. The van der Waals surface area contributed by atoms with Gasteiger partial charge in [0.15, 0.2) is 10.9 Å². The second-order valence-electron chi connectivity index (χ2n) is 7.23. The number of thioether (sulfide) groups is 1. The summed E-state index contributed by atoms with van der Waals surface area (Å²) in [5.41, 5.74) is 3.04. The van der Waals surface area contributed by atoms with Crippen molar-refractivity contribution in [3.05, 3.63) is 71.8 Å². The highest BCUT2D eigenvalue weighted by Crippen LogP contribution is 2.36. The van der Waals surface area contributed by atoms with Crippen molar-refractivity contribution in [2.24, 2.45) is 0 Å². The second-order valence-corrected chi connectivity index (χ2v) is 9.05. The van der Waals surface area contributed by atoms with E-state index in [0.29, 0.717) is 39.4 Å². The zero-order valence-corrected chi connectivity index (χ0v) is 20.2. The molecule has 0 fully saturated rings. The molecule has 1 aromatic carbocycles. The molecule has 0 radical (unpaired) electrons. The molecule has 1 amide bonds. The highest BCUT2D eigenvalue weighted by Gasteiger charge is 2.23. The van der Waals surface area contributed by atoms with Crippen LogP contribution in [0.2, 0.25) is 0 Å². The molecule has 34 heavy (non-hydrogen) atoms. The summed E-state index contributed by atoms with van der Waals surface area (Å²) in [6.45, 7) is 6.24. The molecule has 0 spiro atoms. The first-order valence-corrected chi connectivity index (χ1v) is 12.2. The predicted octanol–water partition coefficient (Wildman–Crippen LogP) is 5.28. The van der Waals surface area contributed by atoms with Gasteiger partial charge in [-0.25, -0.2) is 4.79 Å². The van der Waals surface area contributed by atoms with E-state index in [1.54, 1.807) is 24.5 Å². The van der Waals surface area contributed by atoms with Gasteiger partial charge in [0.25, 0.3) is 0 Å². The van der Waals surface area contributed by atoms with E-state index in [2.05, 4.69) is 22.1 Å². The minimum absolute atomic E-state index is 0.0752. The van der Waals surface area contributed by atoms with Gasteiger partial charge in [-0.2, -0.15) is 0 Å². The fourth-order valence-electron chi connectivity index (χ4n) is 3.27. The quantitative estimate of drug-likeness (QED) is 0.192. The number of anilines is 1. The number of furan rings is 1. The number of esters is 1. The van der Waals surface area contributed by atoms with E-state index in [4.69, 9.17) is 9.15 Å². The smallest absolute Gasteiger partial charge is 0.341 e. The molecule has 10 heteroatoms. The van der Waals surface area contributed by atoms with Crippen molar-refractivity contribution in [1.82, 2.24) is 14.8 Å². The van der Waals surface area contributed by atoms with E-state index in [-0.39, 0.29) is 11.7 Å². The largest absolute Gasteiger partial charge is 0.465 e. The molecule has 4 rings (SSSR count). The van der Waals surface area contributed by atoms with Gasteiger partial charge >= 0.3 is 5.97 Å². The van der Waals surface area contributed by atoms with Gasteiger partial charge in [0.05, 0.1) is 19.1 Å². The van der Waals surface area contributed by atoms with Crippen molar-refractivity contribution in [1.29, 1.82) is 0 Å². The second kappa shape index (κ2) is 10.5. The standard InChI is InChI=1S/C24H22N4O4S2/c1-4-11-28-21(18-6-5-12-32-18)26-27-24(28)34-14-19(29)25-22-20(23(30)31-3)17(13-33-22)16-9-7-15(2)8-10-16/h4-10,12-13H,1,11,14H2,2-3H3,(H,25,29). The number of nitrogens with one attached hydrogen (secondary N) is 1. The van der Waals surface area contributed by atoms with Crippen LogP contribution in [-0.2, 0) is 16.1 Å². The molecule has 0 bridgehead atoms. The Morgan fingerprint density at radius 3 is 2.74 bits per heavy atom. The molecule has 0 atom stereocenters. The molecule has 0 aliphatic heterocycles. The fourth-order valence-corrected chi connectivity index (χ4v) is 4.99. The maximum absolute atomic E-state index is 12.8. The van der Waals surface area contributed by atoms with Gasteiger partial charge in [0, 0.05) is 17.5 Å². The zero-order chi connectivity index (χ0) is 24.1. The Morgan fingerprint density at radius 1 is 1.26 bits per heavy atom. The average molecular weight is 495 g/mol. The van der Waals surface area contributed by atoms with Crippen LogP contribution >= 0.6 is 23.1 Å². The summed E-state index contributed by atoms with van der Waals surface area (Å²) in [5.74, 6) is 0.428. The summed E-state index contributed by atoms with van der Waals surface area (Å²) in [4.78, 5) is 25.3. The van der Waals surface area contributed by atoms with Gasteiger partial charge in [-0.1, -0.05) is 47.7 Å². The van der Waals surface area contributed by atoms with Crippen molar-refractivity contribution in [2.45, 2.75) is 18.6 Å². The van der Waals surface area contributed by atoms with E-state index in [1.807, 2.05) is 41.1 Å². The van der Waals surface area contributed by atoms with Crippen LogP contribution in [0.4, 0.5) is 5.00 Å².